The summed E-state index contributed by atoms with van der Waals surface area (Å²) >= 11 is 0. The predicted molar refractivity (Wildman–Crippen MR) is 135 cm³/mol. The van der Waals surface area contributed by atoms with Gasteiger partial charge in [-0.05, 0) is 43.2 Å². The van der Waals surface area contributed by atoms with Gasteiger partial charge in [0.15, 0.2) is 0 Å². The summed E-state index contributed by atoms with van der Waals surface area (Å²) < 4.78 is 11.9. The molecule has 10 nitrogen and oxygen atoms in total. The van der Waals surface area contributed by atoms with Gasteiger partial charge in [-0.2, -0.15) is 4.98 Å². The molecule has 0 aliphatic heterocycles. The van der Waals surface area contributed by atoms with Crippen LogP contribution >= 0.6 is 0 Å². The fourth-order valence-corrected chi connectivity index (χ4v) is 3.74. The molecule has 192 valence electrons. The lowest BCUT2D eigenvalue weighted by molar-refractivity contribution is -0.146. The van der Waals surface area contributed by atoms with Crippen molar-refractivity contribution in [1.29, 1.82) is 0 Å². The predicted octanol–water partition coefficient (Wildman–Crippen LogP) is 3.26. The molecule has 1 heterocycles. The normalized spacial score (nSPS) is 11.2. The molecule has 0 amide bonds. The van der Waals surface area contributed by atoms with Gasteiger partial charge in [0.2, 0.25) is 0 Å². The van der Waals surface area contributed by atoms with Crippen LogP contribution in [0.1, 0.15) is 41.0 Å². The third-order valence-corrected chi connectivity index (χ3v) is 5.54. The van der Waals surface area contributed by atoms with Crippen LogP contribution in [0, 0.1) is 0 Å². The van der Waals surface area contributed by atoms with Crippen LogP contribution in [0.15, 0.2) is 59.4 Å². The summed E-state index contributed by atoms with van der Waals surface area (Å²) in [6, 6.07) is 13.0. The van der Waals surface area contributed by atoms with Gasteiger partial charge in [-0.1, -0.05) is 31.2 Å². The number of methoxy groups -OCH3 is 1. The first-order valence-corrected chi connectivity index (χ1v) is 11.4. The highest BCUT2D eigenvalue weighted by molar-refractivity contribution is 6.38. The van der Waals surface area contributed by atoms with Gasteiger partial charge in [0.05, 0.1) is 26.0 Å². The molecular weight excluding hydrogens is 480 g/mol. The Morgan fingerprint density at radius 2 is 1.65 bits per heavy atom. The average Bonchev–Trinajstić information content (AvgIpc) is 2.89. The van der Waals surface area contributed by atoms with Crippen LogP contribution in [0.3, 0.4) is 0 Å². The van der Waals surface area contributed by atoms with Crippen LogP contribution in [0.25, 0.3) is 17.0 Å². The lowest BCUT2D eigenvalue weighted by Gasteiger charge is -2.18. The summed E-state index contributed by atoms with van der Waals surface area (Å²) in [4.78, 5) is 52.4. The molecule has 0 bridgehead atoms. The molecule has 0 unspecified atom stereocenters. The van der Waals surface area contributed by atoms with Crippen molar-refractivity contribution in [2.45, 2.75) is 26.8 Å². The zero-order chi connectivity index (χ0) is 27.1. The van der Waals surface area contributed by atoms with Crippen LogP contribution in [-0.2, 0) is 27.3 Å². The standard InChI is InChI=1S/C27H26N2O8/c1-4-20-23(26(34)37-5-2)24(18-10-12-19(36-3)13-11-18)28-27(35)29(20)15-16-6-8-17(9-7-16)21(30)14-22(31)25(32)33/h6-14,30H,4-5,15H2,1-3H3,(H,32,33)/b21-14-. The SMILES string of the molecule is CCOC(=O)c1c(-c2ccc(OC)cc2)nc(=O)n(Cc2ccc(/C(O)=C/C(=O)C(=O)O)cc2)c1CC. The highest BCUT2D eigenvalue weighted by atomic mass is 16.5. The average molecular weight is 507 g/mol. The number of aliphatic hydroxyl groups excluding tert-OH is 1. The van der Waals surface area contributed by atoms with Crippen LogP contribution in [0.4, 0.5) is 0 Å². The number of nitrogens with zero attached hydrogens (tertiary/aromatic N) is 2. The second-order valence-corrected chi connectivity index (χ2v) is 7.85. The Kier molecular flexibility index (Phi) is 8.57. The number of aliphatic hydroxyl groups is 1. The van der Waals surface area contributed by atoms with E-state index in [0.29, 0.717) is 35.1 Å². The maximum atomic E-state index is 13.1. The number of benzene rings is 2. The molecule has 0 saturated heterocycles. The molecule has 0 aliphatic carbocycles. The molecule has 0 radical (unpaired) electrons. The number of esters is 1. The molecule has 0 saturated carbocycles. The second-order valence-electron chi connectivity index (χ2n) is 7.85. The molecule has 37 heavy (non-hydrogen) atoms. The minimum Gasteiger partial charge on any atom is -0.507 e. The van der Waals surface area contributed by atoms with Crippen molar-refractivity contribution in [2.75, 3.05) is 13.7 Å². The van der Waals surface area contributed by atoms with E-state index in [9.17, 15) is 24.3 Å². The van der Waals surface area contributed by atoms with Crippen molar-refractivity contribution in [1.82, 2.24) is 9.55 Å². The number of carbonyl (C=O) groups excluding carboxylic acids is 2. The number of aromatic nitrogens is 2. The lowest BCUT2D eigenvalue weighted by atomic mass is 10.0. The summed E-state index contributed by atoms with van der Waals surface area (Å²) in [6.45, 7) is 3.72. The summed E-state index contributed by atoms with van der Waals surface area (Å²) in [5, 5.41) is 18.7. The van der Waals surface area contributed by atoms with Gasteiger partial charge in [0, 0.05) is 22.9 Å². The number of rotatable bonds is 10. The monoisotopic (exact) mass is 506 g/mol. The van der Waals surface area contributed by atoms with E-state index in [1.165, 1.54) is 23.8 Å². The summed E-state index contributed by atoms with van der Waals surface area (Å²) in [5.41, 5.74) is 1.72. The molecule has 3 aromatic rings. The van der Waals surface area contributed by atoms with Crippen LogP contribution < -0.4 is 10.4 Å². The third kappa shape index (κ3) is 6.10. The van der Waals surface area contributed by atoms with Gasteiger partial charge < -0.3 is 19.7 Å². The fraction of sp³-hybridized carbons (Fsp3) is 0.222. The largest absolute Gasteiger partial charge is 0.507 e. The highest BCUT2D eigenvalue weighted by Gasteiger charge is 2.24. The molecule has 2 aromatic carbocycles. The number of hydrogen-bond acceptors (Lipinski definition) is 8. The van der Waals surface area contributed by atoms with Gasteiger partial charge in [0.25, 0.3) is 5.78 Å². The molecule has 2 N–H and O–H groups in total. The molecule has 1 aromatic heterocycles. The van der Waals surface area contributed by atoms with Crippen molar-refractivity contribution in [3.63, 3.8) is 0 Å². The number of carbonyl (C=O) groups is 3. The van der Waals surface area contributed by atoms with E-state index in [0.717, 1.165) is 0 Å². The van der Waals surface area contributed by atoms with Crippen LogP contribution in [0.5, 0.6) is 5.75 Å². The minimum absolute atomic E-state index is 0.0725. The molecule has 0 aliphatic rings. The highest BCUT2D eigenvalue weighted by Crippen LogP contribution is 2.27. The first-order valence-electron chi connectivity index (χ1n) is 11.4. The fourth-order valence-electron chi connectivity index (χ4n) is 3.74. The van der Waals surface area contributed by atoms with Crippen molar-refractivity contribution in [2.24, 2.45) is 0 Å². The van der Waals surface area contributed by atoms with Crippen molar-refractivity contribution in [3.05, 3.63) is 87.5 Å². The molecule has 3 rings (SSSR count). The topological polar surface area (TPSA) is 145 Å². The first kappa shape index (κ1) is 26.9. The second kappa shape index (κ2) is 11.8. The minimum atomic E-state index is -1.68. The van der Waals surface area contributed by atoms with Crippen LogP contribution in [-0.4, -0.2) is 51.2 Å². The number of ketones is 1. The molecule has 10 heteroatoms. The van der Waals surface area contributed by atoms with E-state index < -0.39 is 29.2 Å². The smallest absolute Gasteiger partial charge is 0.376 e. The zero-order valence-electron chi connectivity index (χ0n) is 20.6. The van der Waals surface area contributed by atoms with E-state index >= 15 is 0 Å². The molecule has 0 spiro atoms. The summed E-state index contributed by atoms with van der Waals surface area (Å²) in [7, 11) is 1.54. The molecule has 0 fully saturated rings. The van der Waals surface area contributed by atoms with E-state index in [4.69, 9.17) is 14.6 Å². The Morgan fingerprint density at radius 1 is 1.00 bits per heavy atom. The Bertz CT molecular complexity index is 1400. The van der Waals surface area contributed by atoms with Crippen molar-refractivity contribution >= 4 is 23.5 Å². The van der Waals surface area contributed by atoms with Crippen molar-refractivity contribution < 1.29 is 34.1 Å². The Labute approximate surface area is 212 Å². The summed E-state index contributed by atoms with van der Waals surface area (Å²) in [5.74, 6) is -3.42. The van der Waals surface area contributed by atoms with Crippen molar-refractivity contribution in [3.8, 4) is 17.0 Å². The maximum Gasteiger partial charge on any atom is 0.376 e. The number of ether oxygens (including phenoxy) is 2. The Morgan fingerprint density at radius 3 is 2.19 bits per heavy atom. The van der Waals surface area contributed by atoms with Gasteiger partial charge >= 0.3 is 17.6 Å². The van der Waals surface area contributed by atoms with Crippen LogP contribution in [0.2, 0.25) is 0 Å². The number of carboxylic acids is 1. The van der Waals surface area contributed by atoms with Gasteiger partial charge in [-0.15, -0.1) is 0 Å². The zero-order valence-corrected chi connectivity index (χ0v) is 20.6. The van der Waals surface area contributed by atoms with E-state index in [-0.39, 0.29) is 30.0 Å². The van der Waals surface area contributed by atoms with E-state index in [2.05, 4.69) is 4.98 Å². The number of hydrogen-bond donors (Lipinski definition) is 2. The third-order valence-electron chi connectivity index (χ3n) is 5.54. The molecular formula is C27H26N2O8. The summed E-state index contributed by atoms with van der Waals surface area (Å²) in [6.07, 6.45) is 0.957. The lowest BCUT2D eigenvalue weighted by Crippen LogP contribution is -2.30. The van der Waals surface area contributed by atoms with E-state index in [1.807, 2.05) is 6.92 Å². The Balaban J connectivity index is 2.06. The van der Waals surface area contributed by atoms with Gasteiger partial charge in [-0.25, -0.2) is 14.4 Å². The first-order chi connectivity index (χ1) is 17.7. The quantitative estimate of drug-likeness (QED) is 0.183. The molecule has 0 atom stereocenters. The number of carboxylic acid groups (broad SMARTS) is 1. The Hall–Kier alpha value is -4.73. The maximum absolute atomic E-state index is 13.1. The number of aliphatic carboxylic acids is 1. The van der Waals surface area contributed by atoms with Gasteiger partial charge in [-0.3, -0.25) is 9.36 Å². The van der Waals surface area contributed by atoms with E-state index in [1.54, 1.807) is 43.3 Å². The van der Waals surface area contributed by atoms with Gasteiger partial charge in [0.1, 0.15) is 17.1 Å².